The number of aliphatic imine (C=N–C) groups is 1. The predicted octanol–water partition coefficient (Wildman–Crippen LogP) is 6.18. The lowest BCUT2D eigenvalue weighted by Gasteiger charge is -2.59. The molecular formula is C62H89F2N11O7. The average molecular weight is 1140 g/mol. The first kappa shape index (κ1) is 58.8. The Hall–Kier alpha value is -4.93. The number of carbonyl (C=O) groups is 3. The third kappa shape index (κ3) is 12.2. The first-order chi connectivity index (χ1) is 39.4. The summed E-state index contributed by atoms with van der Waals surface area (Å²) in [5.74, 6) is -4.19. The number of rotatable bonds is 21. The van der Waals surface area contributed by atoms with Crippen molar-refractivity contribution in [1.82, 2.24) is 44.9 Å². The molecule has 82 heavy (non-hydrogen) atoms. The molecule has 11 rings (SSSR count). The Morgan fingerprint density at radius 2 is 1.77 bits per heavy atom. The van der Waals surface area contributed by atoms with E-state index < -0.39 is 60.5 Å². The number of aromatic nitrogens is 2. The van der Waals surface area contributed by atoms with Gasteiger partial charge in [-0.2, -0.15) is 0 Å². The molecule has 2 aromatic heterocycles. The first-order valence-electron chi connectivity index (χ1n) is 30.5. The van der Waals surface area contributed by atoms with Gasteiger partial charge in [-0.05, 0) is 101 Å². The van der Waals surface area contributed by atoms with Crippen LogP contribution in [0.5, 0.6) is 0 Å². The van der Waals surface area contributed by atoms with E-state index in [1.807, 2.05) is 13.8 Å². The van der Waals surface area contributed by atoms with Crippen molar-refractivity contribution < 1.29 is 42.1 Å². The number of methoxy groups -OCH3 is 1. The Morgan fingerprint density at radius 1 is 1.00 bits per heavy atom. The van der Waals surface area contributed by atoms with Crippen LogP contribution in [0, 0.1) is 16.7 Å². The Kier molecular flexibility index (Phi) is 17.4. The van der Waals surface area contributed by atoms with Crippen LogP contribution in [0.2, 0.25) is 0 Å². The normalized spacial score (nSPS) is 27.1. The number of nitrogens with zero attached hydrogens (tertiary/aromatic N) is 9. The predicted molar refractivity (Wildman–Crippen MR) is 311 cm³/mol. The number of pyridine rings is 1. The van der Waals surface area contributed by atoms with E-state index >= 15 is 18.4 Å². The third-order valence-electron chi connectivity index (χ3n) is 19.0. The van der Waals surface area contributed by atoms with Crippen LogP contribution in [-0.2, 0) is 46.3 Å². The highest BCUT2D eigenvalue weighted by Crippen LogP contribution is 2.46. The van der Waals surface area contributed by atoms with Gasteiger partial charge in [-0.15, -0.1) is 0 Å². The zero-order valence-corrected chi connectivity index (χ0v) is 49.7. The molecule has 448 valence electrons. The van der Waals surface area contributed by atoms with E-state index in [0.717, 1.165) is 85.0 Å². The van der Waals surface area contributed by atoms with Crippen LogP contribution in [0.3, 0.4) is 0 Å². The summed E-state index contributed by atoms with van der Waals surface area (Å²) in [5.41, 5.74) is 9.91. The second kappa shape index (κ2) is 24.2. The summed E-state index contributed by atoms with van der Waals surface area (Å²) < 4.78 is 58.1. The molecule has 7 aliphatic heterocycles. The molecule has 8 atom stereocenters. The molecule has 6 unspecified atom stereocenters. The summed E-state index contributed by atoms with van der Waals surface area (Å²) in [5, 5.41) is 6.07. The van der Waals surface area contributed by atoms with Crippen molar-refractivity contribution >= 4 is 46.7 Å². The largest absolute Gasteiger partial charge is 0.467 e. The molecule has 7 fully saturated rings. The number of aryl methyl sites for hydroxylation is 1. The molecule has 1 spiro atoms. The summed E-state index contributed by atoms with van der Waals surface area (Å²) in [4.78, 5) is 63.9. The lowest BCUT2D eigenvalue weighted by Crippen LogP contribution is -2.76. The number of alkyl halides is 2. The van der Waals surface area contributed by atoms with Gasteiger partial charge in [-0.1, -0.05) is 33.8 Å². The molecule has 0 radical (unpaired) electrons. The SMILES string of the molecule is CCn1c(C2=C(C(C)OC)N=CC(N3CCN(C4CC4)CC3)C2)c(CC(C)(C)COC=O)c2cc(N3CCO[C@@H](C(C(NC(=O)C(C(C)C)N4CC(F)(F)C[C@@H]4c4ccccn4)C(=O)N4CCCC(C)N4)N4CC5(COC5)C4)C3)ccc21. The number of hydrogen-bond acceptors (Lipinski definition) is 15. The lowest BCUT2D eigenvalue weighted by molar-refractivity contribution is -0.213. The van der Waals surface area contributed by atoms with Crippen LogP contribution >= 0.6 is 0 Å². The number of piperazine rings is 1. The lowest BCUT2D eigenvalue weighted by atomic mass is 9.75. The number of nitrogens with one attached hydrogen (secondary N) is 2. The maximum atomic E-state index is 15.7. The summed E-state index contributed by atoms with van der Waals surface area (Å²) in [6.07, 6.45) is 8.14. The fourth-order valence-electron chi connectivity index (χ4n) is 14.7. The van der Waals surface area contributed by atoms with Crippen molar-refractivity contribution in [2.24, 2.45) is 21.7 Å². The van der Waals surface area contributed by atoms with E-state index in [1.54, 1.807) is 41.4 Å². The van der Waals surface area contributed by atoms with Gasteiger partial charge < -0.3 is 33.7 Å². The Balaban J connectivity index is 0.955. The molecular weight excluding hydrogens is 1050 g/mol. The number of ether oxygens (including phenoxy) is 4. The zero-order chi connectivity index (χ0) is 57.7. The van der Waals surface area contributed by atoms with Crippen molar-refractivity contribution in [2.45, 2.75) is 160 Å². The summed E-state index contributed by atoms with van der Waals surface area (Å²) in [6.45, 7) is 23.7. The fraction of sp³-hybridized carbons (Fsp3) is 0.694. The smallest absolute Gasteiger partial charge is 0.293 e. The molecule has 0 bridgehead atoms. The summed E-state index contributed by atoms with van der Waals surface area (Å²) in [7, 11) is 1.75. The van der Waals surface area contributed by atoms with Gasteiger partial charge >= 0.3 is 0 Å². The van der Waals surface area contributed by atoms with Crippen LogP contribution in [0.25, 0.3) is 16.5 Å². The maximum Gasteiger partial charge on any atom is 0.293 e. The molecule has 18 nitrogen and oxygen atoms in total. The number of fused-ring (bicyclic) bond motifs is 1. The Labute approximate surface area is 483 Å². The standard InChI is InChI=1S/C62H89F2N11O7/c1-9-73-50-18-17-44(27-46(50)48(29-60(6,7)36-81-39-76)56(73)47-28-45(31-66-53(47)42(5)79-8)70-23-21-69(22-24-70)43-15-16-43)71-25-26-82-52(32-71)57(72-33-61(34-72)37-80-38-61)54(59(78)75-20-12-13-41(4)68-75)67-58(77)55(40(2)3)74-35-62(63,64)30-51(74)49-14-10-11-19-65-49/h10-11,14,17-19,27,31,39-43,45,51-52,54-55,57,68H,9,12-13,15-16,20-26,28-30,32-38H2,1-8H3,(H,67,77)/t41?,42?,45?,51-,52-,54?,55?,57?/m1/s1. The highest BCUT2D eigenvalue weighted by atomic mass is 19.3. The molecule has 1 aromatic carbocycles. The van der Waals surface area contributed by atoms with Crippen molar-refractivity contribution in [2.75, 3.05) is 104 Å². The van der Waals surface area contributed by atoms with Crippen molar-refractivity contribution in [3.8, 4) is 0 Å². The van der Waals surface area contributed by atoms with Gasteiger partial charge in [-0.25, -0.2) is 14.2 Å². The summed E-state index contributed by atoms with van der Waals surface area (Å²) in [6, 6.07) is 9.39. The van der Waals surface area contributed by atoms with Crippen molar-refractivity contribution in [3.05, 3.63) is 65.2 Å². The number of anilines is 1. The molecule has 1 saturated carbocycles. The van der Waals surface area contributed by atoms with Gasteiger partial charge in [0.15, 0.2) is 0 Å². The Morgan fingerprint density at radius 3 is 2.43 bits per heavy atom. The monoisotopic (exact) mass is 1140 g/mol. The molecule has 2 N–H and O–H groups in total. The van der Waals surface area contributed by atoms with Crippen LogP contribution < -0.4 is 15.6 Å². The molecule has 3 aromatic rings. The quantitative estimate of drug-likeness (QED) is 0.116. The fourth-order valence-corrected chi connectivity index (χ4v) is 14.7. The molecule has 2 amide bonds. The van der Waals surface area contributed by atoms with Crippen molar-refractivity contribution in [1.29, 1.82) is 0 Å². The number of morpholine rings is 1. The number of hydrazine groups is 1. The highest BCUT2D eigenvalue weighted by Gasteiger charge is 2.57. The van der Waals surface area contributed by atoms with Gasteiger partial charge in [-0.3, -0.25) is 49.0 Å². The Bertz CT molecular complexity index is 2820. The minimum Gasteiger partial charge on any atom is -0.467 e. The third-order valence-corrected chi connectivity index (χ3v) is 19.0. The zero-order valence-electron chi connectivity index (χ0n) is 49.7. The van der Waals surface area contributed by atoms with E-state index in [0.29, 0.717) is 77.7 Å². The molecule has 1 aliphatic carbocycles. The van der Waals surface area contributed by atoms with E-state index in [1.165, 1.54) is 18.4 Å². The first-order valence-corrected chi connectivity index (χ1v) is 30.5. The number of likely N-dealkylation sites (tertiary alicyclic amines) is 2. The van der Waals surface area contributed by atoms with Crippen LogP contribution in [0.4, 0.5) is 14.5 Å². The van der Waals surface area contributed by atoms with Gasteiger partial charge in [0.25, 0.3) is 18.3 Å². The van der Waals surface area contributed by atoms with E-state index in [9.17, 15) is 4.79 Å². The topological polar surface area (TPSA) is 162 Å². The molecule has 9 heterocycles. The number of benzene rings is 1. The minimum absolute atomic E-state index is 0.0278. The minimum atomic E-state index is -3.05. The molecule has 20 heteroatoms. The van der Waals surface area contributed by atoms with Gasteiger partial charge in [0.05, 0.1) is 80.4 Å². The van der Waals surface area contributed by atoms with Gasteiger partial charge in [0.2, 0.25) is 5.91 Å². The van der Waals surface area contributed by atoms with Crippen LogP contribution in [0.15, 0.2) is 53.3 Å². The number of carbonyl (C=O) groups excluding carboxylic acids is 3. The van der Waals surface area contributed by atoms with E-state index in [4.69, 9.17) is 23.9 Å². The average Bonchev–Trinajstić information content (AvgIpc) is 2.45. The number of halogens is 2. The van der Waals surface area contributed by atoms with Crippen LogP contribution in [-0.4, -0.2) is 212 Å². The number of hydrogen-bond donors (Lipinski definition) is 2. The highest BCUT2D eigenvalue weighted by molar-refractivity contribution is 5.95. The van der Waals surface area contributed by atoms with Gasteiger partial charge in [0, 0.05) is 143 Å². The van der Waals surface area contributed by atoms with Crippen LogP contribution in [0.1, 0.15) is 110 Å². The summed E-state index contributed by atoms with van der Waals surface area (Å²) >= 11 is 0. The van der Waals surface area contributed by atoms with Crippen molar-refractivity contribution in [3.63, 3.8) is 0 Å². The maximum absolute atomic E-state index is 15.7. The number of amides is 2. The van der Waals surface area contributed by atoms with E-state index in [2.05, 4.69) is 98.9 Å². The molecule has 8 aliphatic rings. The van der Waals surface area contributed by atoms with E-state index in [-0.39, 0.29) is 42.0 Å². The second-order valence-electron chi connectivity index (χ2n) is 26.2. The van der Waals surface area contributed by atoms with Gasteiger partial charge in [0.1, 0.15) is 6.04 Å². The second-order valence-corrected chi connectivity index (χ2v) is 26.2. The molecule has 6 saturated heterocycles.